The van der Waals surface area contributed by atoms with Crippen LogP contribution in [0.1, 0.15) is 28.2 Å². The highest BCUT2D eigenvalue weighted by molar-refractivity contribution is 6.32. The third kappa shape index (κ3) is 5.39. The Morgan fingerprint density at radius 2 is 1.37 bits per heavy atom. The molecule has 154 valence electrons. The smallest absolute Gasteiger partial charge is 0.276 e. The van der Waals surface area contributed by atoms with Gasteiger partial charge >= 0.3 is 0 Å². The molecule has 0 unspecified atom stereocenters. The Morgan fingerprint density at radius 3 is 1.87 bits per heavy atom. The summed E-state index contributed by atoms with van der Waals surface area (Å²) in [6, 6.07) is 22.3. The number of ether oxygens (including phenoxy) is 1. The lowest BCUT2D eigenvalue weighted by molar-refractivity contribution is -0.130. The summed E-state index contributed by atoms with van der Waals surface area (Å²) in [4.78, 5) is 25.0. The predicted molar refractivity (Wildman–Crippen MR) is 117 cm³/mol. The van der Waals surface area contributed by atoms with Crippen LogP contribution in [-0.4, -0.2) is 18.4 Å². The minimum atomic E-state index is -0.546. The molecule has 0 atom stereocenters. The number of carbonyl (C=O) groups excluding carboxylic acids is 2. The van der Waals surface area contributed by atoms with Gasteiger partial charge in [0.15, 0.2) is 6.61 Å². The minimum Gasteiger partial charge on any atom is -0.484 e. The van der Waals surface area contributed by atoms with E-state index < -0.39 is 11.8 Å². The number of hydrogen-bond donors (Lipinski definition) is 2. The number of halogens is 1. The highest BCUT2D eigenvalue weighted by Crippen LogP contribution is 2.26. The largest absolute Gasteiger partial charge is 0.484 e. The third-order valence-corrected chi connectivity index (χ3v) is 5.23. The van der Waals surface area contributed by atoms with Crippen LogP contribution in [0.25, 0.3) is 0 Å². The average molecular weight is 423 g/mol. The van der Waals surface area contributed by atoms with E-state index in [-0.39, 0.29) is 12.5 Å². The van der Waals surface area contributed by atoms with Gasteiger partial charge in [0, 0.05) is 5.02 Å². The number of benzene rings is 3. The Labute approximate surface area is 181 Å². The van der Waals surface area contributed by atoms with Crippen molar-refractivity contribution in [2.75, 3.05) is 6.61 Å². The van der Waals surface area contributed by atoms with E-state index in [9.17, 15) is 9.59 Å². The van der Waals surface area contributed by atoms with Crippen LogP contribution < -0.4 is 15.6 Å². The Balaban J connectivity index is 1.62. The zero-order valence-corrected chi connectivity index (χ0v) is 17.6. The van der Waals surface area contributed by atoms with E-state index in [1.54, 1.807) is 12.1 Å². The van der Waals surface area contributed by atoms with Crippen molar-refractivity contribution in [3.8, 4) is 5.75 Å². The lowest BCUT2D eigenvalue weighted by Crippen LogP contribution is -2.46. The van der Waals surface area contributed by atoms with Crippen LogP contribution in [0.2, 0.25) is 5.02 Å². The second-order valence-electron chi connectivity index (χ2n) is 6.95. The standard InChI is InChI=1S/C24H23ClN2O3/c1-16-13-20(14-17(2)23(16)25)30-15-21(28)26-27-24(29)22(18-9-5-3-6-10-18)19-11-7-4-8-12-19/h3-14,22H,15H2,1-2H3,(H,26,28)(H,27,29). The zero-order chi connectivity index (χ0) is 21.5. The Bertz CT molecular complexity index is 961. The molecule has 2 amide bonds. The van der Waals surface area contributed by atoms with E-state index in [1.807, 2.05) is 74.5 Å². The molecule has 0 saturated carbocycles. The van der Waals surface area contributed by atoms with Crippen molar-refractivity contribution in [2.45, 2.75) is 19.8 Å². The number of aryl methyl sites for hydroxylation is 2. The molecule has 0 saturated heterocycles. The first kappa shape index (κ1) is 21.4. The molecular formula is C24H23ClN2O3. The zero-order valence-electron chi connectivity index (χ0n) is 16.8. The van der Waals surface area contributed by atoms with Crippen molar-refractivity contribution in [1.29, 1.82) is 0 Å². The summed E-state index contributed by atoms with van der Waals surface area (Å²) >= 11 is 6.15. The van der Waals surface area contributed by atoms with E-state index in [1.165, 1.54) is 0 Å². The van der Waals surface area contributed by atoms with E-state index in [4.69, 9.17) is 16.3 Å². The molecule has 30 heavy (non-hydrogen) atoms. The van der Waals surface area contributed by atoms with Crippen LogP contribution >= 0.6 is 11.6 Å². The van der Waals surface area contributed by atoms with Gasteiger partial charge in [0.2, 0.25) is 5.91 Å². The molecular weight excluding hydrogens is 400 g/mol. The van der Waals surface area contributed by atoms with Gasteiger partial charge in [-0.05, 0) is 48.2 Å². The lowest BCUT2D eigenvalue weighted by atomic mass is 9.91. The van der Waals surface area contributed by atoms with Crippen molar-refractivity contribution in [3.05, 3.63) is 100 Å². The topological polar surface area (TPSA) is 67.4 Å². The maximum absolute atomic E-state index is 12.9. The number of nitrogens with one attached hydrogen (secondary N) is 2. The highest BCUT2D eigenvalue weighted by atomic mass is 35.5. The molecule has 0 heterocycles. The molecule has 5 nitrogen and oxygen atoms in total. The Kier molecular flexibility index (Phi) is 7.09. The second-order valence-corrected chi connectivity index (χ2v) is 7.33. The minimum absolute atomic E-state index is 0.234. The van der Waals surface area contributed by atoms with Gasteiger partial charge in [-0.1, -0.05) is 72.3 Å². The van der Waals surface area contributed by atoms with Crippen molar-refractivity contribution in [1.82, 2.24) is 10.9 Å². The molecule has 0 radical (unpaired) electrons. The van der Waals surface area contributed by atoms with E-state index in [0.717, 1.165) is 22.3 Å². The first-order valence-corrected chi connectivity index (χ1v) is 9.91. The van der Waals surface area contributed by atoms with Crippen molar-refractivity contribution in [3.63, 3.8) is 0 Å². The average Bonchev–Trinajstić information content (AvgIpc) is 2.76. The molecule has 0 aromatic heterocycles. The Morgan fingerprint density at radius 1 is 0.867 bits per heavy atom. The summed E-state index contributed by atoms with van der Waals surface area (Å²) < 4.78 is 5.52. The van der Waals surface area contributed by atoms with Gasteiger partial charge in [-0.3, -0.25) is 20.4 Å². The second kappa shape index (κ2) is 9.94. The van der Waals surface area contributed by atoms with Gasteiger partial charge in [0.05, 0.1) is 5.92 Å². The van der Waals surface area contributed by atoms with Gasteiger partial charge in [-0.25, -0.2) is 0 Å². The highest BCUT2D eigenvalue weighted by Gasteiger charge is 2.23. The maximum atomic E-state index is 12.9. The molecule has 3 aromatic carbocycles. The summed E-state index contributed by atoms with van der Waals surface area (Å²) in [6.07, 6.45) is 0. The van der Waals surface area contributed by atoms with Crippen molar-refractivity contribution >= 4 is 23.4 Å². The van der Waals surface area contributed by atoms with Crippen LogP contribution in [0.4, 0.5) is 0 Å². The first-order chi connectivity index (χ1) is 14.5. The van der Waals surface area contributed by atoms with Crippen LogP contribution in [-0.2, 0) is 9.59 Å². The summed E-state index contributed by atoms with van der Waals surface area (Å²) in [6.45, 7) is 3.51. The van der Waals surface area contributed by atoms with Crippen molar-refractivity contribution in [2.24, 2.45) is 0 Å². The fraction of sp³-hybridized carbons (Fsp3) is 0.167. The summed E-state index contributed by atoms with van der Waals surface area (Å²) in [5.41, 5.74) is 8.34. The van der Waals surface area contributed by atoms with Crippen LogP contribution in [0.5, 0.6) is 5.75 Å². The van der Waals surface area contributed by atoms with Crippen molar-refractivity contribution < 1.29 is 14.3 Å². The molecule has 0 spiro atoms. The van der Waals surface area contributed by atoms with Crippen LogP contribution in [0, 0.1) is 13.8 Å². The first-order valence-electron chi connectivity index (χ1n) is 9.54. The molecule has 6 heteroatoms. The normalized spacial score (nSPS) is 10.5. The molecule has 3 rings (SSSR count). The predicted octanol–water partition coefficient (Wildman–Crippen LogP) is 4.32. The van der Waals surface area contributed by atoms with E-state index >= 15 is 0 Å². The summed E-state index contributed by atoms with van der Waals surface area (Å²) in [5.74, 6) is -0.801. The lowest BCUT2D eigenvalue weighted by Gasteiger charge is -2.18. The number of carbonyl (C=O) groups is 2. The fourth-order valence-corrected chi connectivity index (χ4v) is 3.27. The van der Waals surface area contributed by atoms with Gasteiger partial charge in [0.25, 0.3) is 5.91 Å². The molecule has 0 aliphatic rings. The van der Waals surface area contributed by atoms with Crippen LogP contribution in [0.3, 0.4) is 0 Å². The SMILES string of the molecule is Cc1cc(OCC(=O)NNC(=O)C(c2ccccc2)c2ccccc2)cc(C)c1Cl. The maximum Gasteiger partial charge on any atom is 0.276 e. The Hall–Kier alpha value is -3.31. The van der Waals surface area contributed by atoms with Gasteiger partial charge in [-0.2, -0.15) is 0 Å². The molecule has 0 aliphatic heterocycles. The number of rotatable bonds is 6. The third-order valence-electron chi connectivity index (χ3n) is 4.63. The fourth-order valence-electron chi connectivity index (χ4n) is 3.16. The summed E-state index contributed by atoms with van der Waals surface area (Å²) in [7, 11) is 0. The quantitative estimate of drug-likeness (QED) is 0.581. The van der Waals surface area contributed by atoms with E-state index in [0.29, 0.717) is 10.8 Å². The number of hydrazine groups is 1. The van der Waals surface area contributed by atoms with Gasteiger partial charge in [-0.15, -0.1) is 0 Å². The monoisotopic (exact) mass is 422 g/mol. The molecule has 3 aromatic rings. The molecule has 0 bridgehead atoms. The molecule has 2 N–H and O–H groups in total. The summed E-state index contributed by atoms with van der Waals surface area (Å²) in [5, 5.41) is 0.673. The molecule has 0 aliphatic carbocycles. The van der Waals surface area contributed by atoms with Gasteiger partial charge < -0.3 is 4.74 Å². The van der Waals surface area contributed by atoms with Gasteiger partial charge in [0.1, 0.15) is 5.75 Å². The van der Waals surface area contributed by atoms with Crippen LogP contribution in [0.15, 0.2) is 72.8 Å². The molecule has 0 fully saturated rings. The van der Waals surface area contributed by atoms with E-state index in [2.05, 4.69) is 10.9 Å². The number of amides is 2. The number of hydrogen-bond acceptors (Lipinski definition) is 3.